The molecular formula is C30H32FNO3. The van der Waals surface area contributed by atoms with Crippen LogP contribution in [0.1, 0.15) is 32.8 Å². The van der Waals surface area contributed by atoms with Crippen LogP contribution in [0.2, 0.25) is 0 Å². The van der Waals surface area contributed by atoms with Gasteiger partial charge in [-0.2, -0.15) is 5.26 Å². The van der Waals surface area contributed by atoms with Crippen LogP contribution in [-0.4, -0.2) is 19.2 Å². The highest BCUT2D eigenvalue weighted by Gasteiger charge is 2.23. The van der Waals surface area contributed by atoms with Crippen molar-refractivity contribution in [2.45, 2.75) is 27.2 Å². The van der Waals surface area contributed by atoms with E-state index in [1.54, 1.807) is 12.1 Å². The number of carbonyl (C=O) groups excluding carboxylic acids is 1. The third-order valence-electron chi connectivity index (χ3n) is 5.34. The molecule has 0 saturated heterocycles. The Morgan fingerprint density at radius 1 is 1.14 bits per heavy atom. The Labute approximate surface area is 207 Å². The molecule has 2 rings (SSSR count). The highest BCUT2D eigenvalue weighted by atomic mass is 19.1. The first-order valence-electron chi connectivity index (χ1n) is 11.3. The van der Waals surface area contributed by atoms with E-state index in [0.717, 1.165) is 23.3 Å². The molecule has 0 aliphatic rings. The Kier molecular flexibility index (Phi) is 9.78. The highest BCUT2D eigenvalue weighted by molar-refractivity contribution is 5.81. The molecule has 1 atom stereocenters. The van der Waals surface area contributed by atoms with Crippen LogP contribution in [-0.2, 0) is 9.53 Å². The van der Waals surface area contributed by atoms with Gasteiger partial charge in [0.2, 0.25) is 0 Å². The Morgan fingerprint density at radius 3 is 2.40 bits per heavy atom. The lowest BCUT2D eigenvalue weighted by Gasteiger charge is -2.27. The van der Waals surface area contributed by atoms with Gasteiger partial charge in [-0.05, 0) is 58.7 Å². The van der Waals surface area contributed by atoms with Gasteiger partial charge in [-0.1, -0.05) is 70.8 Å². The molecule has 0 fully saturated rings. The van der Waals surface area contributed by atoms with Crippen LogP contribution >= 0.6 is 0 Å². The zero-order valence-electron chi connectivity index (χ0n) is 20.6. The van der Waals surface area contributed by atoms with E-state index < -0.39 is 11.8 Å². The molecule has 182 valence electrons. The third-order valence-corrected chi connectivity index (χ3v) is 5.34. The lowest BCUT2D eigenvalue weighted by atomic mass is 9.84. The number of nitriles is 1. The molecule has 2 aromatic carbocycles. The van der Waals surface area contributed by atoms with Crippen molar-refractivity contribution in [2.75, 3.05) is 13.2 Å². The summed E-state index contributed by atoms with van der Waals surface area (Å²) >= 11 is 0. The maximum Gasteiger partial charge on any atom is 0.330 e. The summed E-state index contributed by atoms with van der Waals surface area (Å²) in [6, 6.07) is 14.4. The number of allylic oxidation sites excluding steroid dienone is 4. The van der Waals surface area contributed by atoms with Gasteiger partial charge in [-0.15, -0.1) is 0 Å². The third kappa shape index (κ3) is 8.75. The van der Waals surface area contributed by atoms with Crippen molar-refractivity contribution in [3.63, 3.8) is 0 Å². The largest absolute Gasteiger partial charge is 0.493 e. The van der Waals surface area contributed by atoms with Crippen LogP contribution in [0.25, 0.3) is 16.7 Å². The molecule has 1 unspecified atom stereocenters. The summed E-state index contributed by atoms with van der Waals surface area (Å²) in [7, 11) is 0. The number of rotatable bonds is 12. The number of halogens is 1. The minimum atomic E-state index is -0.416. The Bertz CT molecular complexity index is 1150. The van der Waals surface area contributed by atoms with Gasteiger partial charge in [0.05, 0.1) is 19.3 Å². The lowest BCUT2D eigenvalue weighted by molar-refractivity contribution is -0.141. The first-order chi connectivity index (χ1) is 16.5. The number of ether oxygens (including phenoxy) is 2. The molecule has 0 spiro atoms. The predicted molar refractivity (Wildman–Crippen MR) is 139 cm³/mol. The first-order valence-corrected chi connectivity index (χ1v) is 11.3. The molecule has 0 heterocycles. The molecule has 0 N–H and O–H groups in total. The smallest absolute Gasteiger partial charge is 0.330 e. The number of benzene rings is 2. The quantitative estimate of drug-likeness (QED) is 0.140. The van der Waals surface area contributed by atoms with Crippen molar-refractivity contribution in [3.05, 3.63) is 97.4 Å². The van der Waals surface area contributed by atoms with Crippen LogP contribution in [0.15, 0.2) is 86.0 Å². The summed E-state index contributed by atoms with van der Waals surface area (Å²) in [5.74, 6) is 0.168. The van der Waals surface area contributed by atoms with Gasteiger partial charge in [0.1, 0.15) is 11.6 Å². The normalized spacial score (nSPS) is 12.0. The average molecular weight is 474 g/mol. The molecule has 4 nitrogen and oxygen atoms in total. The maximum absolute atomic E-state index is 14.7. The van der Waals surface area contributed by atoms with Gasteiger partial charge < -0.3 is 9.47 Å². The molecule has 35 heavy (non-hydrogen) atoms. The summed E-state index contributed by atoms with van der Waals surface area (Å²) in [4.78, 5) is 11.3. The number of esters is 1. The second-order valence-electron chi connectivity index (χ2n) is 9.31. The monoisotopic (exact) mass is 473 g/mol. The molecule has 0 bridgehead atoms. The van der Waals surface area contributed by atoms with E-state index in [9.17, 15) is 9.18 Å². The van der Waals surface area contributed by atoms with Gasteiger partial charge >= 0.3 is 5.97 Å². The van der Waals surface area contributed by atoms with Crippen molar-refractivity contribution >= 4 is 11.5 Å². The fourth-order valence-electron chi connectivity index (χ4n) is 3.65. The van der Waals surface area contributed by atoms with E-state index in [1.807, 2.05) is 50.2 Å². The molecule has 0 saturated carbocycles. The lowest BCUT2D eigenvalue weighted by Crippen LogP contribution is -2.25. The molecule has 0 aliphatic carbocycles. The molecule has 0 aliphatic heterocycles. The summed E-state index contributed by atoms with van der Waals surface area (Å²) in [5, 5.41) is 8.77. The minimum Gasteiger partial charge on any atom is -0.493 e. The van der Waals surface area contributed by atoms with Crippen molar-refractivity contribution in [2.24, 2.45) is 11.3 Å². The highest BCUT2D eigenvalue weighted by Crippen LogP contribution is 2.29. The number of hydrogen-bond acceptors (Lipinski definition) is 4. The minimum absolute atomic E-state index is 0.174. The van der Waals surface area contributed by atoms with E-state index in [2.05, 4.69) is 26.7 Å². The topological polar surface area (TPSA) is 59.3 Å². The number of nitrogens with zero attached hydrogens (tertiary/aromatic N) is 1. The van der Waals surface area contributed by atoms with Crippen molar-refractivity contribution < 1.29 is 18.7 Å². The second kappa shape index (κ2) is 12.5. The Balaban J connectivity index is 1.96. The summed E-state index contributed by atoms with van der Waals surface area (Å²) in [6.45, 7) is 17.9. The molecule has 0 amide bonds. The van der Waals surface area contributed by atoms with Gasteiger partial charge in [0.25, 0.3) is 0 Å². The fraction of sp³-hybridized carbons (Fsp3) is 0.267. The standard InChI is InChI=1S/C30H32FNO3/c1-7-29(33)35-20-30(5,6)17-22(3)19-34-26-13-10-24(11-14-26)25-12-15-27(28(31)16-25)23(4)9-8-21(2)18-32/h7-16,22H,1-2,4,17,19-20H2,3,5-6H3/b9-8-. The van der Waals surface area contributed by atoms with Gasteiger partial charge in [-0.25, -0.2) is 9.18 Å². The molecule has 5 heteroatoms. The van der Waals surface area contributed by atoms with E-state index >= 15 is 0 Å². The predicted octanol–water partition coefficient (Wildman–Crippen LogP) is 7.30. The van der Waals surface area contributed by atoms with E-state index in [-0.39, 0.29) is 16.9 Å². The van der Waals surface area contributed by atoms with Gasteiger partial charge in [0.15, 0.2) is 0 Å². The maximum atomic E-state index is 14.7. The number of carbonyl (C=O) groups is 1. The van der Waals surface area contributed by atoms with Gasteiger partial charge in [0, 0.05) is 17.2 Å². The summed E-state index contributed by atoms with van der Waals surface area (Å²) < 4.78 is 25.8. The summed E-state index contributed by atoms with van der Waals surface area (Å²) in [5.41, 5.74) is 2.53. The zero-order chi connectivity index (χ0) is 26.0. The Morgan fingerprint density at radius 2 is 1.80 bits per heavy atom. The molecule has 0 aromatic heterocycles. The average Bonchev–Trinajstić information content (AvgIpc) is 2.84. The fourth-order valence-corrected chi connectivity index (χ4v) is 3.65. The van der Waals surface area contributed by atoms with Crippen LogP contribution in [0.5, 0.6) is 5.75 Å². The first kappa shape index (κ1) is 27.3. The van der Waals surface area contributed by atoms with Crippen LogP contribution in [0.3, 0.4) is 0 Å². The van der Waals surface area contributed by atoms with Crippen LogP contribution in [0.4, 0.5) is 4.39 Å². The zero-order valence-corrected chi connectivity index (χ0v) is 20.6. The van der Waals surface area contributed by atoms with Crippen molar-refractivity contribution in [3.8, 4) is 22.9 Å². The molecule has 0 radical (unpaired) electrons. The SMILES string of the molecule is C=CC(=O)OCC(C)(C)CC(C)COc1ccc(-c2ccc(C(=C)/C=C\C(=C)C#N)c(F)c2)cc1. The van der Waals surface area contributed by atoms with E-state index in [4.69, 9.17) is 14.7 Å². The van der Waals surface area contributed by atoms with E-state index in [0.29, 0.717) is 24.4 Å². The Hall–Kier alpha value is -3.91. The van der Waals surface area contributed by atoms with Crippen LogP contribution in [0, 0.1) is 28.5 Å². The van der Waals surface area contributed by atoms with Crippen LogP contribution < -0.4 is 4.74 Å². The summed E-state index contributed by atoms with van der Waals surface area (Å²) in [6.07, 6.45) is 5.07. The number of hydrogen-bond donors (Lipinski definition) is 0. The molecular weight excluding hydrogens is 441 g/mol. The molecule has 2 aromatic rings. The van der Waals surface area contributed by atoms with Gasteiger partial charge in [-0.3, -0.25) is 0 Å². The van der Waals surface area contributed by atoms with Crippen molar-refractivity contribution in [1.29, 1.82) is 5.26 Å². The van der Waals surface area contributed by atoms with Crippen molar-refractivity contribution in [1.82, 2.24) is 0 Å². The van der Waals surface area contributed by atoms with E-state index in [1.165, 1.54) is 18.2 Å². The second-order valence-corrected chi connectivity index (χ2v) is 9.31.